The zero-order chi connectivity index (χ0) is 20.0. The number of amides is 1. The maximum atomic E-state index is 12.6. The Bertz CT molecular complexity index is 901. The molecular weight excluding hydrogens is 364 g/mol. The Kier molecular flexibility index (Phi) is 6.76. The highest BCUT2D eigenvalue weighted by Crippen LogP contribution is 2.24. The topological polar surface area (TPSA) is 84.5 Å². The first-order chi connectivity index (χ1) is 12.7. The number of anilines is 2. The Morgan fingerprint density at radius 3 is 2.30 bits per heavy atom. The smallest absolute Gasteiger partial charge is 0.261 e. The molecule has 0 aliphatic rings. The van der Waals surface area contributed by atoms with E-state index < -0.39 is 16.1 Å². The molecule has 1 unspecified atom stereocenters. The standard InChI is InChI=1S/C20H24N2O4S/c1-5-13-26-16(4)20(23)21-17-9-11-18(12-10-17)27(24,25)22-19-14(2)7-6-8-15(19)3/h5-12,16,22H,1,13H2,2-4H3,(H,21,23). The van der Waals surface area contributed by atoms with E-state index in [1.165, 1.54) is 24.3 Å². The fourth-order valence-corrected chi connectivity index (χ4v) is 3.62. The molecule has 7 heteroatoms. The molecule has 0 fully saturated rings. The third kappa shape index (κ3) is 5.42. The third-order valence-electron chi connectivity index (χ3n) is 3.98. The molecule has 0 saturated heterocycles. The molecule has 0 spiro atoms. The normalized spacial score (nSPS) is 12.3. The molecule has 2 aromatic carbocycles. The Morgan fingerprint density at radius 2 is 1.74 bits per heavy atom. The largest absolute Gasteiger partial charge is 0.365 e. The highest BCUT2D eigenvalue weighted by molar-refractivity contribution is 7.92. The number of hydrogen-bond acceptors (Lipinski definition) is 4. The van der Waals surface area contributed by atoms with E-state index in [9.17, 15) is 13.2 Å². The van der Waals surface area contributed by atoms with E-state index in [2.05, 4.69) is 16.6 Å². The average molecular weight is 388 g/mol. The van der Waals surface area contributed by atoms with Gasteiger partial charge in [0.2, 0.25) is 0 Å². The number of nitrogens with one attached hydrogen (secondary N) is 2. The van der Waals surface area contributed by atoms with Gasteiger partial charge in [-0.2, -0.15) is 0 Å². The maximum absolute atomic E-state index is 12.6. The summed E-state index contributed by atoms with van der Waals surface area (Å²) >= 11 is 0. The van der Waals surface area contributed by atoms with Gasteiger partial charge in [-0.15, -0.1) is 6.58 Å². The van der Waals surface area contributed by atoms with E-state index in [1.54, 1.807) is 13.0 Å². The van der Waals surface area contributed by atoms with Crippen LogP contribution in [-0.4, -0.2) is 27.0 Å². The number of para-hydroxylation sites is 1. The van der Waals surface area contributed by atoms with E-state index >= 15 is 0 Å². The average Bonchev–Trinajstić information content (AvgIpc) is 2.63. The quantitative estimate of drug-likeness (QED) is 0.676. The van der Waals surface area contributed by atoms with Gasteiger partial charge in [0.1, 0.15) is 6.10 Å². The number of hydrogen-bond donors (Lipinski definition) is 2. The molecule has 2 N–H and O–H groups in total. The molecule has 2 aromatic rings. The molecule has 2 rings (SSSR count). The minimum absolute atomic E-state index is 0.110. The molecule has 27 heavy (non-hydrogen) atoms. The van der Waals surface area contributed by atoms with Gasteiger partial charge in [-0.3, -0.25) is 9.52 Å². The third-order valence-corrected chi connectivity index (χ3v) is 5.35. The fourth-order valence-electron chi connectivity index (χ4n) is 2.42. The highest BCUT2D eigenvalue weighted by Gasteiger charge is 2.17. The van der Waals surface area contributed by atoms with Crippen molar-refractivity contribution in [3.05, 3.63) is 66.2 Å². The molecule has 144 valence electrons. The van der Waals surface area contributed by atoms with Crippen LogP contribution in [0.1, 0.15) is 18.1 Å². The lowest BCUT2D eigenvalue weighted by molar-refractivity contribution is -0.125. The highest BCUT2D eigenvalue weighted by atomic mass is 32.2. The van der Waals surface area contributed by atoms with E-state index in [0.29, 0.717) is 11.4 Å². The monoisotopic (exact) mass is 388 g/mol. The Hall–Kier alpha value is -2.64. The number of aryl methyl sites for hydroxylation is 2. The van der Waals surface area contributed by atoms with Gasteiger partial charge in [-0.1, -0.05) is 24.3 Å². The molecule has 0 aliphatic carbocycles. The predicted molar refractivity (Wildman–Crippen MR) is 107 cm³/mol. The number of sulfonamides is 1. The summed E-state index contributed by atoms with van der Waals surface area (Å²) in [6.45, 7) is 9.13. The van der Waals surface area contributed by atoms with Crippen molar-refractivity contribution in [2.75, 3.05) is 16.6 Å². The minimum atomic E-state index is -3.73. The summed E-state index contributed by atoms with van der Waals surface area (Å²) in [5, 5.41) is 2.68. The summed E-state index contributed by atoms with van der Waals surface area (Å²) < 4.78 is 33.2. The second-order valence-corrected chi connectivity index (χ2v) is 7.83. The zero-order valence-corrected chi connectivity index (χ0v) is 16.5. The number of carbonyl (C=O) groups excluding carboxylic acids is 1. The Morgan fingerprint density at radius 1 is 1.15 bits per heavy atom. The van der Waals surface area contributed by atoms with Crippen molar-refractivity contribution in [3.63, 3.8) is 0 Å². The molecule has 0 bridgehead atoms. The van der Waals surface area contributed by atoms with Gasteiger partial charge in [0.25, 0.3) is 15.9 Å². The number of carbonyl (C=O) groups is 1. The first-order valence-electron chi connectivity index (χ1n) is 8.47. The van der Waals surface area contributed by atoms with Crippen LogP contribution in [0.2, 0.25) is 0 Å². The van der Waals surface area contributed by atoms with Crippen molar-refractivity contribution in [2.45, 2.75) is 31.8 Å². The van der Waals surface area contributed by atoms with Gasteiger partial charge in [0, 0.05) is 5.69 Å². The van der Waals surface area contributed by atoms with Crippen LogP contribution in [0, 0.1) is 13.8 Å². The molecule has 0 radical (unpaired) electrons. The van der Waals surface area contributed by atoms with Gasteiger partial charge in [-0.25, -0.2) is 8.42 Å². The van der Waals surface area contributed by atoms with Crippen LogP contribution in [0.25, 0.3) is 0 Å². The first kappa shape index (κ1) is 20.7. The Balaban J connectivity index is 2.12. The molecular formula is C20H24N2O4S. The summed E-state index contributed by atoms with van der Waals surface area (Å²) in [5.74, 6) is -0.318. The van der Waals surface area contributed by atoms with Crippen LogP contribution >= 0.6 is 0 Å². The van der Waals surface area contributed by atoms with Crippen molar-refractivity contribution >= 4 is 27.3 Å². The van der Waals surface area contributed by atoms with Crippen LogP contribution in [0.3, 0.4) is 0 Å². The second-order valence-electron chi connectivity index (χ2n) is 6.15. The van der Waals surface area contributed by atoms with Gasteiger partial charge < -0.3 is 10.1 Å². The maximum Gasteiger partial charge on any atom is 0.261 e. The van der Waals surface area contributed by atoms with Crippen molar-refractivity contribution in [3.8, 4) is 0 Å². The number of ether oxygens (including phenoxy) is 1. The van der Waals surface area contributed by atoms with E-state index in [0.717, 1.165) is 11.1 Å². The summed E-state index contributed by atoms with van der Waals surface area (Å²) in [7, 11) is -3.73. The molecule has 0 aliphatic heterocycles. The zero-order valence-electron chi connectivity index (χ0n) is 15.7. The first-order valence-corrected chi connectivity index (χ1v) is 9.95. The number of rotatable bonds is 8. The van der Waals surface area contributed by atoms with E-state index in [-0.39, 0.29) is 17.4 Å². The SMILES string of the molecule is C=CCOC(C)C(=O)Nc1ccc(S(=O)(=O)Nc2c(C)cccc2C)cc1. The second kappa shape index (κ2) is 8.83. The summed E-state index contributed by atoms with van der Waals surface area (Å²) in [6, 6.07) is 11.5. The van der Waals surface area contributed by atoms with Gasteiger partial charge >= 0.3 is 0 Å². The molecule has 1 atom stereocenters. The van der Waals surface area contributed by atoms with E-state index in [4.69, 9.17) is 4.74 Å². The molecule has 0 aromatic heterocycles. The van der Waals surface area contributed by atoms with E-state index in [1.807, 2.05) is 32.0 Å². The van der Waals surface area contributed by atoms with Crippen LogP contribution in [0.4, 0.5) is 11.4 Å². The van der Waals surface area contributed by atoms with Crippen molar-refractivity contribution in [2.24, 2.45) is 0 Å². The van der Waals surface area contributed by atoms with Gasteiger partial charge in [0.05, 0.1) is 17.2 Å². The van der Waals surface area contributed by atoms with Crippen LogP contribution in [0.5, 0.6) is 0 Å². The van der Waals surface area contributed by atoms with Crippen LogP contribution in [-0.2, 0) is 19.6 Å². The summed E-state index contributed by atoms with van der Waals surface area (Å²) in [6.07, 6.45) is 0.921. The minimum Gasteiger partial charge on any atom is -0.365 e. The van der Waals surface area contributed by atoms with Crippen molar-refractivity contribution in [1.29, 1.82) is 0 Å². The summed E-state index contributed by atoms with van der Waals surface area (Å²) in [5.41, 5.74) is 2.75. The van der Waals surface area contributed by atoms with Crippen LogP contribution in [0.15, 0.2) is 60.0 Å². The fraction of sp³-hybridized carbons (Fsp3) is 0.250. The molecule has 6 nitrogen and oxygen atoms in total. The van der Waals surface area contributed by atoms with Crippen LogP contribution < -0.4 is 10.0 Å². The Labute approximate surface area is 160 Å². The molecule has 0 heterocycles. The summed E-state index contributed by atoms with van der Waals surface area (Å²) in [4.78, 5) is 12.1. The lowest BCUT2D eigenvalue weighted by Crippen LogP contribution is -2.27. The molecule has 1 amide bonds. The van der Waals surface area contributed by atoms with Gasteiger partial charge in [-0.05, 0) is 56.2 Å². The van der Waals surface area contributed by atoms with Crippen molar-refractivity contribution in [1.82, 2.24) is 0 Å². The number of benzene rings is 2. The van der Waals surface area contributed by atoms with Crippen molar-refractivity contribution < 1.29 is 17.9 Å². The lowest BCUT2D eigenvalue weighted by Gasteiger charge is -2.14. The van der Waals surface area contributed by atoms with Gasteiger partial charge in [0.15, 0.2) is 0 Å². The lowest BCUT2D eigenvalue weighted by atomic mass is 10.1. The molecule has 0 saturated carbocycles. The predicted octanol–water partition coefficient (Wildman–Crippen LogP) is 3.63.